The van der Waals surface area contributed by atoms with Gasteiger partial charge < -0.3 is 0 Å². The first-order valence-corrected chi connectivity index (χ1v) is 13.6. The molecule has 1 atom stereocenters. The highest BCUT2D eigenvalue weighted by Crippen LogP contribution is 2.41. The molecule has 5 aromatic rings. The van der Waals surface area contributed by atoms with E-state index in [1.807, 2.05) is 61.5 Å². The molecule has 1 amide bonds. The molecule has 0 spiro atoms. The van der Waals surface area contributed by atoms with Crippen molar-refractivity contribution in [3.05, 3.63) is 135 Å². The predicted molar refractivity (Wildman–Crippen MR) is 158 cm³/mol. The van der Waals surface area contributed by atoms with Gasteiger partial charge in [-0.3, -0.25) is 9.78 Å². The molecule has 1 aromatic heterocycles. The Morgan fingerprint density at radius 2 is 1.67 bits per heavy atom. The third-order valence-corrected chi connectivity index (χ3v) is 7.89. The second-order valence-corrected chi connectivity index (χ2v) is 10.7. The van der Waals surface area contributed by atoms with Crippen molar-refractivity contribution in [2.75, 3.05) is 0 Å². The van der Waals surface area contributed by atoms with Crippen LogP contribution in [0, 0.1) is 12.7 Å². The Bertz CT molecular complexity index is 1770. The highest BCUT2D eigenvalue weighted by molar-refractivity contribution is 9.10. The van der Waals surface area contributed by atoms with Gasteiger partial charge in [-0.2, -0.15) is 5.10 Å². The number of carbonyl (C=O) groups is 1. The molecule has 7 heteroatoms. The number of hydrogen-bond donors (Lipinski definition) is 0. The molecule has 39 heavy (non-hydrogen) atoms. The van der Waals surface area contributed by atoms with Crippen molar-refractivity contribution in [2.45, 2.75) is 19.4 Å². The summed E-state index contributed by atoms with van der Waals surface area (Å²) in [6.07, 6.45) is 0.325. The normalized spacial score (nSPS) is 15.0. The van der Waals surface area contributed by atoms with E-state index in [-0.39, 0.29) is 11.7 Å². The standard InChI is InChI=1S/C32H22BrClFN3O/c1-19-30(31(20-9-3-2-4-10-20)24-17-21(34)15-16-27(24)36-19)28-18-29(23-12-6-8-14-26(23)35)38(37-28)32(39)22-11-5-7-13-25(22)33/h2-17,29H,18H2,1H3/t29-/m1/s1. The van der Waals surface area contributed by atoms with Crippen molar-refractivity contribution in [2.24, 2.45) is 5.10 Å². The van der Waals surface area contributed by atoms with Crippen LogP contribution < -0.4 is 0 Å². The summed E-state index contributed by atoms with van der Waals surface area (Å²) in [5.41, 5.74) is 5.83. The van der Waals surface area contributed by atoms with E-state index in [0.717, 1.165) is 33.3 Å². The molecule has 0 unspecified atom stereocenters. The summed E-state index contributed by atoms with van der Waals surface area (Å²) >= 11 is 9.93. The van der Waals surface area contributed by atoms with Gasteiger partial charge in [-0.25, -0.2) is 9.40 Å². The molecule has 0 radical (unpaired) electrons. The van der Waals surface area contributed by atoms with Crippen LogP contribution in [0.25, 0.3) is 22.0 Å². The summed E-state index contributed by atoms with van der Waals surface area (Å²) in [6, 6.07) is 28.7. The smallest absolute Gasteiger partial charge is 0.267 e. The molecule has 192 valence electrons. The molecule has 1 aliphatic heterocycles. The van der Waals surface area contributed by atoms with Crippen LogP contribution in [0.3, 0.4) is 0 Å². The van der Waals surface area contributed by atoms with Crippen LogP contribution >= 0.6 is 27.5 Å². The minimum atomic E-state index is -0.626. The van der Waals surface area contributed by atoms with Crippen LogP contribution in [0.5, 0.6) is 0 Å². The summed E-state index contributed by atoms with van der Waals surface area (Å²) in [5, 5.41) is 7.78. The van der Waals surface area contributed by atoms with Crippen LogP contribution in [-0.4, -0.2) is 21.6 Å². The van der Waals surface area contributed by atoms with Crippen LogP contribution in [0.4, 0.5) is 4.39 Å². The first-order valence-electron chi connectivity index (χ1n) is 12.5. The average molecular weight is 599 g/mol. The molecule has 0 aliphatic carbocycles. The Balaban J connectivity index is 1.59. The Hall–Kier alpha value is -3.87. The number of fused-ring (bicyclic) bond motifs is 1. The lowest BCUT2D eigenvalue weighted by atomic mass is 9.89. The van der Waals surface area contributed by atoms with Crippen LogP contribution in [0.2, 0.25) is 5.02 Å². The second-order valence-electron chi connectivity index (χ2n) is 9.39. The van der Waals surface area contributed by atoms with Crippen molar-refractivity contribution in [1.82, 2.24) is 9.99 Å². The van der Waals surface area contributed by atoms with Gasteiger partial charge in [-0.05, 0) is 64.8 Å². The number of aromatic nitrogens is 1. The monoisotopic (exact) mass is 597 g/mol. The molecule has 2 heterocycles. The van der Waals surface area contributed by atoms with Crippen molar-refractivity contribution in [3.63, 3.8) is 0 Å². The molecule has 1 aliphatic rings. The van der Waals surface area contributed by atoms with Gasteiger partial charge >= 0.3 is 0 Å². The number of hydrazone groups is 1. The van der Waals surface area contributed by atoms with Gasteiger partial charge in [-0.15, -0.1) is 0 Å². The van der Waals surface area contributed by atoms with E-state index in [2.05, 4.69) is 15.9 Å². The molecule has 0 saturated carbocycles. The van der Waals surface area contributed by atoms with Gasteiger partial charge in [0.2, 0.25) is 0 Å². The zero-order valence-corrected chi connectivity index (χ0v) is 23.2. The topological polar surface area (TPSA) is 45.6 Å². The zero-order chi connectivity index (χ0) is 27.1. The van der Waals surface area contributed by atoms with Crippen molar-refractivity contribution >= 4 is 50.1 Å². The number of amides is 1. The van der Waals surface area contributed by atoms with E-state index in [0.29, 0.717) is 32.8 Å². The summed E-state index contributed by atoms with van der Waals surface area (Å²) in [6.45, 7) is 1.94. The maximum absolute atomic E-state index is 15.1. The quantitative estimate of drug-likeness (QED) is 0.208. The molecule has 0 bridgehead atoms. The van der Waals surface area contributed by atoms with Crippen LogP contribution in [0.15, 0.2) is 107 Å². The van der Waals surface area contributed by atoms with Gasteiger partial charge in [0, 0.05) is 43.7 Å². The lowest BCUT2D eigenvalue weighted by Crippen LogP contribution is -2.28. The molecule has 0 fully saturated rings. The van der Waals surface area contributed by atoms with Crippen molar-refractivity contribution < 1.29 is 9.18 Å². The largest absolute Gasteiger partial charge is 0.275 e. The first kappa shape index (κ1) is 25.4. The number of aryl methyl sites for hydroxylation is 1. The summed E-state index contributed by atoms with van der Waals surface area (Å²) in [4.78, 5) is 18.8. The molecule has 0 saturated heterocycles. The van der Waals surface area contributed by atoms with E-state index in [9.17, 15) is 4.79 Å². The van der Waals surface area contributed by atoms with Gasteiger partial charge in [0.1, 0.15) is 5.82 Å². The number of rotatable bonds is 4. The number of pyridine rings is 1. The third kappa shape index (κ3) is 4.64. The van der Waals surface area contributed by atoms with Gasteiger partial charge in [0.15, 0.2) is 0 Å². The van der Waals surface area contributed by atoms with Gasteiger partial charge in [0.05, 0.1) is 22.8 Å². The SMILES string of the molecule is Cc1nc2ccc(Cl)cc2c(-c2ccccc2)c1C1=NN(C(=O)c2ccccc2Br)[C@@H](c2ccccc2F)C1. The molecule has 0 N–H and O–H groups in total. The Labute approximate surface area is 238 Å². The van der Waals surface area contributed by atoms with E-state index in [1.165, 1.54) is 11.1 Å². The minimum Gasteiger partial charge on any atom is -0.267 e. The zero-order valence-electron chi connectivity index (χ0n) is 20.9. The number of carbonyl (C=O) groups excluding carboxylic acids is 1. The average Bonchev–Trinajstić information content (AvgIpc) is 3.38. The van der Waals surface area contributed by atoms with E-state index < -0.39 is 6.04 Å². The second kappa shape index (κ2) is 10.4. The fourth-order valence-corrected chi connectivity index (χ4v) is 5.84. The lowest BCUT2D eigenvalue weighted by Gasteiger charge is -2.23. The van der Waals surface area contributed by atoms with Gasteiger partial charge in [0.25, 0.3) is 5.91 Å². The van der Waals surface area contributed by atoms with Crippen molar-refractivity contribution in [1.29, 1.82) is 0 Å². The number of benzene rings is 4. The maximum Gasteiger partial charge on any atom is 0.275 e. The fourth-order valence-electron chi connectivity index (χ4n) is 5.21. The molecule has 4 aromatic carbocycles. The molecular formula is C32H22BrClFN3O. The minimum absolute atomic E-state index is 0.318. The first-order chi connectivity index (χ1) is 18.9. The highest BCUT2D eigenvalue weighted by Gasteiger charge is 2.37. The molecular weight excluding hydrogens is 577 g/mol. The fraction of sp³-hybridized carbons (Fsp3) is 0.0938. The Kier molecular flexibility index (Phi) is 6.75. The number of halogens is 3. The van der Waals surface area contributed by atoms with Gasteiger partial charge in [-0.1, -0.05) is 72.3 Å². The van der Waals surface area contributed by atoms with E-state index in [4.69, 9.17) is 21.7 Å². The van der Waals surface area contributed by atoms with E-state index >= 15 is 4.39 Å². The predicted octanol–water partition coefficient (Wildman–Crippen LogP) is 8.76. The maximum atomic E-state index is 15.1. The lowest BCUT2D eigenvalue weighted by molar-refractivity contribution is 0.0708. The Morgan fingerprint density at radius 1 is 0.949 bits per heavy atom. The number of nitrogens with zero attached hydrogens (tertiary/aromatic N) is 3. The highest BCUT2D eigenvalue weighted by atomic mass is 79.9. The molecule has 4 nitrogen and oxygen atoms in total. The molecule has 6 rings (SSSR count). The summed E-state index contributed by atoms with van der Waals surface area (Å²) < 4.78 is 15.8. The van der Waals surface area contributed by atoms with Crippen LogP contribution in [-0.2, 0) is 0 Å². The number of hydrogen-bond acceptors (Lipinski definition) is 3. The van der Waals surface area contributed by atoms with Crippen LogP contribution in [0.1, 0.15) is 39.6 Å². The Morgan fingerprint density at radius 3 is 2.44 bits per heavy atom. The summed E-state index contributed by atoms with van der Waals surface area (Å²) in [5.74, 6) is -0.700. The van der Waals surface area contributed by atoms with Crippen molar-refractivity contribution in [3.8, 4) is 11.1 Å². The summed E-state index contributed by atoms with van der Waals surface area (Å²) in [7, 11) is 0. The van der Waals surface area contributed by atoms with E-state index in [1.54, 1.807) is 36.4 Å². The third-order valence-electron chi connectivity index (χ3n) is 6.97.